The Kier molecular flexibility index (Phi) is 9.55. The average molecular weight is 491 g/mol. The van der Waals surface area contributed by atoms with Crippen LogP contribution in [0.5, 0.6) is 0 Å². The molecule has 1 heterocycles. The minimum absolute atomic E-state index is 0. The zero-order valence-corrected chi connectivity index (χ0v) is 19.5. The van der Waals surface area contributed by atoms with E-state index in [0.29, 0.717) is 25.0 Å². The van der Waals surface area contributed by atoms with Crippen LogP contribution in [0.1, 0.15) is 63.8 Å². The van der Waals surface area contributed by atoms with Crippen molar-refractivity contribution >= 4 is 35.8 Å². The van der Waals surface area contributed by atoms with E-state index >= 15 is 0 Å². The molecular formula is C19H34IN5O2. The van der Waals surface area contributed by atoms with Gasteiger partial charge in [-0.3, -0.25) is 4.79 Å². The molecule has 27 heavy (non-hydrogen) atoms. The Bertz CT molecular complexity index is 621. The fourth-order valence-electron chi connectivity index (χ4n) is 3.42. The highest BCUT2D eigenvalue weighted by Crippen LogP contribution is 2.38. The normalized spacial score (nSPS) is 16.1. The molecule has 0 spiro atoms. The molecule has 0 atom stereocenters. The molecule has 8 heteroatoms. The van der Waals surface area contributed by atoms with Crippen molar-refractivity contribution in [2.24, 2.45) is 10.4 Å². The van der Waals surface area contributed by atoms with Crippen LogP contribution in [-0.2, 0) is 11.3 Å². The number of aromatic nitrogens is 1. The largest absolute Gasteiger partial charge is 0.359 e. The molecule has 0 radical (unpaired) electrons. The molecule has 154 valence electrons. The molecular weight excluding hydrogens is 457 g/mol. The lowest BCUT2D eigenvalue weighted by molar-refractivity contribution is -0.138. The third-order valence-electron chi connectivity index (χ3n) is 4.92. The number of hydrogen-bond donors (Lipinski definition) is 2. The van der Waals surface area contributed by atoms with Gasteiger partial charge < -0.3 is 20.1 Å². The average Bonchev–Trinajstić information content (AvgIpc) is 3.26. The van der Waals surface area contributed by atoms with E-state index in [0.717, 1.165) is 43.7 Å². The summed E-state index contributed by atoms with van der Waals surface area (Å²) >= 11 is 0. The predicted octanol–water partition coefficient (Wildman–Crippen LogP) is 3.12. The molecule has 1 aliphatic carbocycles. The van der Waals surface area contributed by atoms with Gasteiger partial charge in [0, 0.05) is 33.3 Å². The number of amides is 1. The van der Waals surface area contributed by atoms with Crippen LogP contribution in [0.15, 0.2) is 15.6 Å². The van der Waals surface area contributed by atoms with Crippen molar-refractivity contribution in [3.8, 4) is 0 Å². The third-order valence-corrected chi connectivity index (χ3v) is 4.92. The van der Waals surface area contributed by atoms with Gasteiger partial charge in [-0.15, -0.1) is 24.0 Å². The van der Waals surface area contributed by atoms with Gasteiger partial charge in [0.1, 0.15) is 6.54 Å². The summed E-state index contributed by atoms with van der Waals surface area (Å²) in [5.41, 5.74) is 0.617. The van der Waals surface area contributed by atoms with Gasteiger partial charge in [0.15, 0.2) is 11.7 Å². The molecule has 1 amide bonds. The Labute approximate surface area is 179 Å². The molecule has 0 aliphatic heterocycles. The van der Waals surface area contributed by atoms with E-state index in [1.54, 1.807) is 4.90 Å². The fraction of sp³-hybridized carbons (Fsp3) is 0.737. The smallest absolute Gasteiger partial charge is 0.230 e. The van der Waals surface area contributed by atoms with Gasteiger partial charge in [0.2, 0.25) is 5.91 Å². The lowest BCUT2D eigenvalue weighted by atomic mass is 9.84. The summed E-state index contributed by atoms with van der Waals surface area (Å²) in [6, 6.07) is 1.95. The van der Waals surface area contributed by atoms with Gasteiger partial charge in [0.25, 0.3) is 0 Å². The fourth-order valence-corrected chi connectivity index (χ4v) is 3.42. The Morgan fingerprint density at radius 3 is 2.52 bits per heavy atom. The van der Waals surface area contributed by atoms with Crippen molar-refractivity contribution in [3.63, 3.8) is 0 Å². The van der Waals surface area contributed by atoms with Crippen LogP contribution in [0, 0.1) is 5.41 Å². The number of rotatable bonds is 7. The maximum atomic E-state index is 12.7. The second-order valence-corrected chi connectivity index (χ2v) is 7.61. The van der Waals surface area contributed by atoms with Gasteiger partial charge in [-0.25, -0.2) is 4.99 Å². The lowest BCUT2D eigenvalue weighted by Gasteiger charge is -2.31. The molecule has 1 aliphatic rings. The van der Waals surface area contributed by atoms with Crippen molar-refractivity contribution in [1.82, 2.24) is 20.7 Å². The number of nitrogens with zero attached hydrogens (tertiary/aromatic N) is 3. The van der Waals surface area contributed by atoms with Gasteiger partial charge >= 0.3 is 0 Å². The van der Waals surface area contributed by atoms with Crippen molar-refractivity contribution in [1.29, 1.82) is 0 Å². The van der Waals surface area contributed by atoms with Crippen molar-refractivity contribution in [3.05, 3.63) is 17.5 Å². The lowest BCUT2D eigenvalue weighted by Crippen LogP contribution is -2.49. The minimum atomic E-state index is -0.323. The summed E-state index contributed by atoms with van der Waals surface area (Å²) in [6.45, 7) is 7.97. The Balaban J connectivity index is 0.00000364. The molecule has 2 N–H and O–H groups in total. The second kappa shape index (κ2) is 10.9. The molecule has 1 aromatic heterocycles. The van der Waals surface area contributed by atoms with Gasteiger partial charge in [-0.2, -0.15) is 0 Å². The standard InChI is InChI=1S/C19H33N5O2.HI/c1-6-20-18(21-12-15-11-16(14(2)3)23-26-15)22-13-19(9-7-8-10-19)17(25)24(4)5;/h11,14H,6-10,12-13H2,1-5H3,(H2,20,21,22);1H. The summed E-state index contributed by atoms with van der Waals surface area (Å²) in [6.07, 6.45) is 4.06. The van der Waals surface area contributed by atoms with Crippen LogP contribution in [0.4, 0.5) is 0 Å². The maximum absolute atomic E-state index is 12.7. The summed E-state index contributed by atoms with van der Waals surface area (Å²) in [5.74, 6) is 1.98. The second-order valence-electron chi connectivity index (χ2n) is 7.61. The minimum Gasteiger partial charge on any atom is -0.359 e. The monoisotopic (exact) mass is 491 g/mol. The Morgan fingerprint density at radius 1 is 1.33 bits per heavy atom. The molecule has 0 aromatic carbocycles. The Hall–Kier alpha value is -1.32. The predicted molar refractivity (Wildman–Crippen MR) is 118 cm³/mol. The molecule has 0 saturated heterocycles. The summed E-state index contributed by atoms with van der Waals surface area (Å²) < 4.78 is 5.35. The molecule has 1 fully saturated rings. The zero-order chi connectivity index (χ0) is 19.2. The van der Waals surface area contributed by atoms with E-state index in [2.05, 4.69) is 34.6 Å². The molecule has 0 unspecified atom stereocenters. The van der Waals surface area contributed by atoms with Crippen LogP contribution >= 0.6 is 24.0 Å². The number of carbonyl (C=O) groups excluding carboxylic acids is 1. The van der Waals surface area contributed by atoms with Gasteiger partial charge in [-0.1, -0.05) is 31.8 Å². The summed E-state index contributed by atoms with van der Waals surface area (Å²) in [4.78, 5) is 19.0. The van der Waals surface area contributed by atoms with Crippen LogP contribution in [-0.4, -0.2) is 49.1 Å². The number of guanidine groups is 1. The summed E-state index contributed by atoms with van der Waals surface area (Å²) in [5, 5.41) is 10.7. The summed E-state index contributed by atoms with van der Waals surface area (Å²) in [7, 11) is 3.66. The molecule has 2 rings (SSSR count). The molecule has 1 saturated carbocycles. The van der Waals surface area contributed by atoms with E-state index < -0.39 is 0 Å². The highest BCUT2D eigenvalue weighted by atomic mass is 127. The Morgan fingerprint density at radius 2 is 2.00 bits per heavy atom. The van der Waals surface area contributed by atoms with E-state index in [9.17, 15) is 4.79 Å². The first-order chi connectivity index (χ1) is 12.4. The number of halogens is 1. The van der Waals surface area contributed by atoms with E-state index in [1.807, 2.05) is 27.1 Å². The maximum Gasteiger partial charge on any atom is 0.230 e. The number of hydrogen-bond acceptors (Lipinski definition) is 4. The first kappa shape index (κ1) is 23.7. The highest BCUT2D eigenvalue weighted by molar-refractivity contribution is 14.0. The SMILES string of the molecule is CCNC(=NCc1cc(C(C)C)no1)NCC1(C(=O)N(C)C)CCCC1.I. The van der Waals surface area contributed by atoms with Crippen LogP contribution < -0.4 is 10.6 Å². The molecule has 0 bridgehead atoms. The van der Waals surface area contributed by atoms with Crippen molar-refractivity contribution in [2.75, 3.05) is 27.2 Å². The topological polar surface area (TPSA) is 82.8 Å². The first-order valence-electron chi connectivity index (χ1n) is 9.57. The van der Waals surface area contributed by atoms with Gasteiger partial charge in [-0.05, 0) is 25.7 Å². The van der Waals surface area contributed by atoms with Crippen LogP contribution in [0.2, 0.25) is 0 Å². The quantitative estimate of drug-likeness (QED) is 0.348. The molecule has 7 nitrogen and oxygen atoms in total. The van der Waals surface area contributed by atoms with Crippen LogP contribution in [0.25, 0.3) is 0 Å². The van der Waals surface area contributed by atoms with Crippen molar-refractivity contribution < 1.29 is 9.32 Å². The van der Waals surface area contributed by atoms with E-state index in [4.69, 9.17) is 4.52 Å². The zero-order valence-electron chi connectivity index (χ0n) is 17.2. The highest BCUT2D eigenvalue weighted by Gasteiger charge is 2.42. The van der Waals surface area contributed by atoms with E-state index in [1.165, 1.54) is 0 Å². The third kappa shape index (κ3) is 6.36. The number of nitrogens with one attached hydrogen (secondary N) is 2. The molecule has 1 aromatic rings. The first-order valence-corrected chi connectivity index (χ1v) is 9.57. The van der Waals surface area contributed by atoms with E-state index in [-0.39, 0.29) is 35.3 Å². The van der Waals surface area contributed by atoms with Crippen molar-refractivity contribution in [2.45, 2.75) is 58.9 Å². The van der Waals surface area contributed by atoms with Gasteiger partial charge in [0.05, 0.1) is 11.1 Å². The number of carbonyl (C=O) groups is 1. The number of aliphatic imine (C=N–C) groups is 1. The van der Waals surface area contributed by atoms with Crippen LogP contribution in [0.3, 0.4) is 0 Å².